The second kappa shape index (κ2) is 8.87. The molecule has 0 saturated heterocycles. The van der Waals surface area contributed by atoms with Crippen LogP contribution in [0.1, 0.15) is 25.8 Å². The van der Waals surface area contributed by atoms with Crippen LogP contribution in [0.5, 0.6) is 0 Å². The van der Waals surface area contributed by atoms with E-state index in [0.29, 0.717) is 13.0 Å². The number of anilines is 2. The average molecular weight is 340 g/mol. The van der Waals surface area contributed by atoms with Crippen molar-refractivity contribution in [3.05, 3.63) is 60.2 Å². The Balaban J connectivity index is 1.85. The third-order valence-corrected chi connectivity index (χ3v) is 3.96. The van der Waals surface area contributed by atoms with Gasteiger partial charge in [0, 0.05) is 31.4 Å². The van der Waals surface area contributed by atoms with E-state index in [9.17, 15) is 9.59 Å². The fraction of sp³-hybridized carbons (Fsp3) is 0.300. The summed E-state index contributed by atoms with van der Waals surface area (Å²) in [5.41, 5.74) is 2.70. The normalized spacial score (nSPS) is 11.5. The lowest BCUT2D eigenvalue weighted by Crippen LogP contribution is -2.31. The first kappa shape index (κ1) is 18.5. The van der Waals surface area contributed by atoms with Gasteiger partial charge in [0.15, 0.2) is 0 Å². The zero-order valence-corrected chi connectivity index (χ0v) is 14.9. The molecule has 2 aromatic rings. The van der Waals surface area contributed by atoms with E-state index < -0.39 is 0 Å². The van der Waals surface area contributed by atoms with E-state index in [0.717, 1.165) is 16.9 Å². The Kier molecular flexibility index (Phi) is 6.57. The van der Waals surface area contributed by atoms with Gasteiger partial charge >= 0.3 is 5.97 Å². The molecule has 132 valence electrons. The number of nitrogens with zero attached hydrogens (tertiary/aromatic N) is 1. The maximum atomic E-state index is 12.0. The highest BCUT2D eigenvalue weighted by Crippen LogP contribution is 2.20. The molecule has 0 aromatic heterocycles. The molecule has 0 heterocycles. The van der Waals surface area contributed by atoms with Crippen LogP contribution >= 0.6 is 0 Å². The molecule has 2 aromatic carbocycles. The number of ether oxygens (including phenoxy) is 1. The summed E-state index contributed by atoms with van der Waals surface area (Å²) in [6.07, 6.45) is 0.302. The molecule has 5 heteroatoms. The van der Waals surface area contributed by atoms with Crippen molar-refractivity contribution in [3.8, 4) is 0 Å². The van der Waals surface area contributed by atoms with Crippen LogP contribution in [0.3, 0.4) is 0 Å². The van der Waals surface area contributed by atoms with Gasteiger partial charge in [0.2, 0.25) is 5.91 Å². The van der Waals surface area contributed by atoms with Crippen molar-refractivity contribution in [2.75, 3.05) is 17.3 Å². The van der Waals surface area contributed by atoms with Crippen LogP contribution in [-0.4, -0.2) is 25.0 Å². The summed E-state index contributed by atoms with van der Waals surface area (Å²) in [5, 5.41) is 2.73. The number of hydrogen-bond acceptors (Lipinski definition) is 4. The number of carbonyl (C=O) groups is 2. The predicted molar refractivity (Wildman–Crippen MR) is 99.5 cm³/mol. The highest BCUT2D eigenvalue weighted by molar-refractivity contribution is 5.88. The number of benzene rings is 2. The van der Waals surface area contributed by atoms with Crippen LogP contribution in [0.2, 0.25) is 0 Å². The largest absolute Gasteiger partial charge is 0.461 e. The predicted octanol–water partition coefficient (Wildman–Crippen LogP) is 3.60. The number of nitrogens with one attached hydrogen (secondary N) is 1. The van der Waals surface area contributed by atoms with Gasteiger partial charge in [-0.05, 0) is 36.8 Å². The number of carbonyl (C=O) groups excluding carboxylic acids is 2. The maximum Gasteiger partial charge on any atom is 0.308 e. The van der Waals surface area contributed by atoms with Crippen LogP contribution in [0.25, 0.3) is 0 Å². The number of amides is 1. The van der Waals surface area contributed by atoms with Crippen molar-refractivity contribution >= 4 is 23.3 Å². The van der Waals surface area contributed by atoms with Crippen LogP contribution in [0.4, 0.5) is 11.4 Å². The molecule has 0 aliphatic carbocycles. The zero-order valence-electron chi connectivity index (χ0n) is 14.9. The molecule has 0 aliphatic rings. The number of esters is 1. The zero-order chi connectivity index (χ0) is 18.2. The van der Waals surface area contributed by atoms with Crippen LogP contribution in [-0.2, 0) is 20.9 Å². The summed E-state index contributed by atoms with van der Waals surface area (Å²) in [6, 6.07) is 17.1. The van der Waals surface area contributed by atoms with Crippen molar-refractivity contribution < 1.29 is 14.3 Å². The van der Waals surface area contributed by atoms with E-state index in [-0.39, 0.29) is 17.9 Å². The highest BCUT2D eigenvalue weighted by Gasteiger charge is 2.15. The summed E-state index contributed by atoms with van der Waals surface area (Å²) >= 11 is 0. The van der Waals surface area contributed by atoms with E-state index >= 15 is 0 Å². The van der Waals surface area contributed by atoms with Crippen LogP contribution in [0, 0.1) is 0 Å². The summed E-state index contributed by atoms with van der Waals surface area (Å²) in [5.74, 6) is -0.325. The highest BCUT2D eigenvalue weighted by atomic mass is 16.5. The first-order valence-electron chi connectivity index (χ1n) is 8.25. The summed E-state index contributed by atoms with van der Waals surface area (Å²) in [7, 11) is 1.93. The average Bonchev–Trinajstić information content (AvgIpc) is 2.60. The molecule has 5 nitrogen and oxygen atoms in total. The van der Waals surface area contributed by atoms with Gasteiger partial charge in [-0.15, -0.1) is 0 Å². The quantitative estimate of drug-likeness (QED) is 0.782. The number of rotatable bonds is 7. The molecule has 1 N–H and O–H groups in total. The Morgan fingerprint density at radius 2 is 1.72 bits per heavy atom. The molecule has 0 radical (unpaired) electrons. The van der Waals surface area contributed by atoms with Gasteiger partial charge in [-0.25, -0.2) is 0 Å². The van der Waals surface area contributed by atoms with E-state index in [1.165, 1.54) is 6.92 Å². The lowest BCUT2D eigenvalue weighted by atomic mass is 10.1. The minimum absolute atomic E-state index is 0.00473. The third kappa shape index (κ3) is 5.95. The lowest BCUT2D eigenvalue weighted by Gasteiger charge is -2.26. The van der Waals surface area contributed by atoms with Gasteiger partial charge in [0.25, 0.3) is 0 Å². The first-order chi connectivity index (χ1) is 12.0. The number of hydrogen-bond donors (Lipinski definition) is 1. The summed E-state index contributed by atoms with van der Waals surface area (Å²) in [4.78, 5) is 25.1. The van der Waals surface area contributed by atoms with Crippen molar-refractivity contribution in [3.63, 3.8) is 0 Å². The van der Waals surface area contributed by atoms with Crippen molar-refractivity contribution in [1.82, 2.24) is 0 Å². The van der Waals surface area contributed by atoms with Gasteiger partial charge in [-0.3, -0.25) is 9.59 Å². The van der Waals surface area contributed by atoms with Gasteiger partial charge in [-0.1, -0.05) is 30.3 Å². The topological polar surface area (TPSA) is 58.6 Å². The standard InChI is InChI=1S/C20H24N2O3/c1-15(13-20(24)25-14-17-7-5-4-6-8-17)22(3)19-11-9-18(10-12-19)21-16(2)23/h4-12,15H,13-14H2,1-3H3,(H,21,23). The van der Waals surface area contributed by atoms with Gasteiger partial charge in [0.1, 0.15) is 6.61 Å². The minimum Gasteiger partial charge on any atom is -0.461 e. The summed E-state index contributed by atoms with van der Waals surface area (Å²) in [6.45, 7) is 3.75. The van der Waals surface area contributed by atoms with E-state index in [2.05, 4.69) is 5.32 Å². The first-order valence-corrected chi connectivity index (χ1v) is 8.25. The van der Waals surface area contributed by atoms with E-state index in [1.54, 1.807) is 0 Å². The molecule has 0 saturated carbocycles. The Hall–Kier alpha value is -2.82. The van der Waals surface area contributed by atoms with E-state index in [1.807, 2.05) is 73.5 Å². The Morgan fingerprint density at radius 1 is 1.08 bits per heavy atom. The minimum atomic E-state index is -0.224. The molecule has 1 amide bonds. The molecule has 2 rings (SSSR count). The molecule has 1 unspecified atom stereocenters. The van der Waals surface area contributed by atoms with Crippen LogP contribution in [0.15, 0.2) is 54.6 Å². The molecule has 25 heavy (non-hydrogen) atoms. The Bertz CT molecular complexity index is 699. The Labute approximate surface area is 148 Å². The fourth-order valence-electron chi connectivity index (χ4n) is 2.41. The lowest BCUT2D eigenvalue weighted by molar-refractivity contribution is -0.145. The molecular formula is C20H24N2O3. The van der Waals surface area contributed by atoms with Gasteiger partial charge in [-0.2, -0.15) is 0 Å². The molecule has 1 atom stereocenters. The van der Waals surface area contributed by atoms with Crippen molar-refractivity contribution in [2.45, 2.75) is 32.9 Å². The van der Waals surface area contributed by atoms with E-state index in [4.69, 9.17) is 4.74 Å². The van der Waals surface area contributed by atoms with Crippen molar-refractivity contribution in [2.24, 2.45) is 0 Å². The van der Waals surface area contributed by atoms with Gasteiger partial charge in [0.05, 0.1) is 6.42 Å². The molecule has 0 spiro atoms. The monoisotopic (exact) mass is 340 g/mol. The van der Waals surface area contributed by atoms with Crippen LogP contribution < -0.4 is 10.2 Å². The molecule has 0 fully saturated rings. The Morgan fingerprint density at radius 3 is 2.32 bits per heavy atom. The van der Waals surface area contributed by atoms with Crippen molar-refractivity contribution in [1.29, 1.82) is 0 Å². The second-order valence-corrected chi connectivity index (χ2v) is 6.04. The smallest absolute Gasteiger partial charge is 0.308 e. The molecule has 0 aliphatic heterocycles. The molecule has 0 bridgehead atoms. The molecular weight excluding hydrogens is 316 g/mol. The fourth-order valence-corrected chi connectivity index (χ4v) is 2.41. The second-order valence-electron chi connectivity index (χ2n) is 6.04. The third-order valence-electron chi connectivity index (χ3n) is 3.96. The SMILES string of the molecule is CC(=O)Nc1ccc(N(C)C(C)CC(=O)OCc2ccccc2)cc1. The van der Waals surface area contributed by atoms with Gasteiger partial charge < -0.3 is 15.0 Å². The summed E-state index contributed by atoms with van der Waals surface area (Å²) < 4.78 is 5.33. The maximum absolute atomic E-state index is 12.0.